The summed E-state index contributed by atoms with van der Waals surface area (Å²) >= 11 is 0. The van der Waals surface area contributed by atoms with E-state index < -0.39 is 79.2 Å². The van der Waals surface area contributed by atoms with Crippen LogP contribution in [-0.2, 0) is 0 Å². The van der Waals surface area contributed by atoms with Crippen LogP contribution in [0.4, 0.5) is 0 Å². The van der Waals surface area contributed by atoms with E-state index in [1.54, 1.807) is 0 Å². The van der Waals surface area contributed by atoms with Gasteiger partial charge in [0.25, 0.3) is 0 Å². The van der Waals surface area contributed by atoms with E-state index in [1.807, 2.05) is 0 Å². The molecule has 16 heteroatoms. The third-order valence-electron chi connectivity index (χ3n) is 5.76. The molecule has 4 fully saturated rings. The second kappa shape index (κ2) is 4.67. The van der Waals surface area contributed by atoms with E-state index in [2.05, 4.69) is 0 Å². The molecule has 25 heavy (non-hydrogen) atoms. The van der Waals surface area contributed by atoms with E-state index >= 15 is 0 Å². The van der Waals surface area contributed by atoms with Gasteiger partial charge < -0.3 is 0 Å². The van der Waals surface area contributed by atoms with Gasteiger partial charge in [-0.3, -0.25) is 40.5 Å². The molecule has 4 bridgehead atoms. The highest BCUT2D eigenvalue weighted by Crippen LogP contribution is 2.59. The number of rotatable bonds is 5. The minimum atomic E-state index is -2.92. The van der Waals surface area contributed by atoms with Crippen LogP contribution in [-0.4, -0.2) is 53.1 Å². The Morgan fingerprint density at radius 3 is 1.20 bits per heavy atom. The van der Waals surface area contributed by atoms with Gasteiger partial charge in [-0.25, -0.2) is 10.1 Å². The standard InChI is InChI=1S/C9H10N6O10/c16-11(17)8(12(18)19)4-1-5-3-7(8)10(15(24)25)6(2-4)9(5,13(20)21)14(22)23/h4-7H,1-3H2. The summed E-state index contributed by atoms with van der Waals surface area (Å²) in [5.74, 6) is -2.73. The summed E-state index contributed by atoms with van der Waals surface area (Å²) in [5.41, 5.74) is -5.83. The molecule has 0 aromatic carbocycles. The lowest BCUT2D eigenvalue weighted by Gasteiger charge is -2.53. The predicted octanol–water partition coefficient (Wildman–Crippen LogP) is -0.840. The molecule has 4 unspecified atom stereocenters. The highest BCUT2D eigenvalue weighted by molar-refractivity contribution is 5.13. The van der Waals surface area contributed by atoms with Crippen molar-refractivity contribution >= 4 is 0 Å². The SMILES string of the molecule is O=[N+]([O-])N1C2CC3CC(CC1C3([N+](=O)[O-])[N+](=O)[O-])C2([N+](=O)[O-])[N+](=O)[O-]. The number of nitro groups is 5. The minimum absolute atomic E-state index is 0.00333. The molecular formula is C9H10N6O10. The molecule has 0 spiro atoms. The van der Waals surface area contributed by atoms with E-state index in [0.717, 1.165) is 0 Å². The van der Waals surface area contributed by atoms with Crippen molar-refractivity contribution in [3.05, 3.63) is 50.6 Å². The molecule has 0 amide bonds. The molecule has 2 heterocycles. The Bertz CT molecular complexity index is 644. The van der Waals surface area contributed by atoms with Crippen molar-refractivity contribution in [2.24, 2.45) is 11.8 Å². The Morgan fingerprint density at radius 2 is 0.960 bits per heavy atom. The van der Waals surface area contributed by atoms with Crippen molar-refractivity contribution in [2.75, 3.05) is 0 Å². The van der Waals surface area contributed by atoms with Crippen LogP contribution in [0, 0.1) is 62.4 Å². The fraction of sp³-hybridized carbons (Fsp3) is 1.00. The van der Waals surface area contributed by atoms with Gasteiger partial charge in [0.1, 0.15) is 31.5 Å². The van der Waals surface area contributed by atoms with E-state index in [0.29, 0.717) is 0 Å². The van der Waals surface area contributed by atoms with E-state index in [4.69, 9.17) is 0 Å². The maximum absolute atomic E-state index is 11.5. The minimum Gasteiger partial charge on any atom is -0.258 e. The van der Waals surface area contributed by atoms with Gasteiger partial charge in [-0.05, 0) is 6.42 Å². The quantitative estimate of drug-likeness (QED) is 0.333. The van der Waals surface area contributed by atoms with E-state index in [-0.39, 0.29) is 5.01 Å². The summed E-state index contributed by atoms with van der Waals surface area (Å²) in [5, 5.41) is 56.1. The normalized spacial score (nSPS) is 33.7. The number of nitrogens with zero attached hydrogens (tertiary/aromatic N) is 6. The Labute approximate surface area is 136 Å². The summed E-state index contributed by atoms with van der Waals surface area (Å²) < 4.78 is 0. The first-order valence-electron chi connectivity index (χ1n) is 7.04. The number of hydrogen-bond donors (Lipinski definition) is 0. The van der Waals surface area contributed by atoms with Crippen molar-refractivity contribution in [3.8, 4) is 0 Å². The molecule has 16 nitrogen and oxygen atoms in total. The Hall–Kier alpha value is -3.20. The maximum atomic E-state index is 11.5. The second-order valence-electron chi connectivity index (χ2n) is 6.34. The Morgan fingerprint density at radius 1 is 0.640 bits per heavy atom. The van der Waals surface area contributed by atoms with Crippen LogP contribution in [0.25, 0.3) is 0 Å². The summed E-state index contributed by atoms with van der Waals surface area (Å²) in [7, 11) is 0. The Kier molecular flexibility index (Phi) is 3.11. The van der Waals surface area contributed by atoms with Crippen molar-refractivity contribution in [2.45, 2.75) is 42.7 Å². The van der Waals surface area contributed by atoms with E-state index in [1.165, 1.54) is 0 Å². The smallest absolute Gasteiger partial charge is 0.258 e. The first-order valence-corrected chi connectivity index (χ1v) is 7.04. The molecule has 0 aromatic heterocycles. The number of piperidine rings is 2. The molecule has 4 atom stereocenters. The highest BCUT2D eigenvalue weighted by atomic mass is 16.7. The molecule has 0 N–H and O–H groups in total. The lowest BCUT2D eigenvalue weighted by molar-refractivity contribution is -0.879. The molecule has 2 aliphatic carbocycles. The van der Waals surface area contributed by atoms with Gasteiger partial charge in [0.15, 0.2) is 5.03 Å². The summed E-state index contributed by atoms with van der Waals surface area (Å²) in [6.07, 6.45) is -1.99. The lowest BCUT2D eigenvalue weighted by atomic mass is 9.54. The van der Waals surface area contributed by atoms with Gasteiger partial charge in [0, 0.05) is 12.8 Å². The second-order valence-corrected chi connectivity index (χ2v) is 6.34. The van der Waals surface area contributed by atoms with Crippen molar-refractivity contribution < 1.29 is 24.7 Å². The van der Waals surface area contributed by atoms with E-state index in [9.17, 15) is 50.6 Å². The van der Waals surface area contributed by atoms with Crippen molar-refractivity contribution in [3.63, 3.8) is 0 Å². The van der Waals surface area contributed by atoms with Crippen LogP contribution in [0.3, 0.4) is 0 Å². The van der Waals surface area contributed by atoms with Crippen LogP contribution in [0.5, 0.6) is 0 Å². The first-order chi connectivity index (χ1) is 11.5. The average Bonchev–Trinajstić information content (AvgIpc) is 2.44. The number of hydrogen-bond acceptors (Lipinski definition) is 10. The fourth-order valence-corrected chi connectivity index (χ4v) is 4.93. The summed E-state index contributed by atoms with van der Waals surface area (Å²) in [4.78, 5) is 52.5. The van der Waals surface area contributed by atoms with Gasteiger partial charge in [0.2, 0.25) is 12.1 Å². The first kappa shape index (κ1) is 16.7. The van der Waals surface area contributed by atoms with Gasteiger partial charge in [-0.2, -0.15) is 0 Å². The zero-order valence-corrected chi connectivity index (χ0v) is 12.2. The zero-order chi connectivity index (χ0) is 18.9. The maximum Gasteiger partial charge on any atom is 0.486 e. The average molecular weight is 362 g/mol. The zero-order valence-electron chi connectivity index (χ0n) is 12.2. The largest absolute Gasteiger partial charge is 0.486 e. The molecule has 2 aliphatic heterocycles. The molecular weight excluding hydrogens is 352 g/mol. The molecule has 2 saturated carbocycles. The third-order valence-corrected chi connectivity index (χ3v) is 5.76. The third kappa shape index (κ3) is 1.55. The predicted molar refractivity (Wildman–Crippen MR) is 70.7 cm³/mol. The van der Waals surface area contributed by atoms with Crippen LogP contribution in [0.15, 0.2) is 0 Å². The van der Waals surface area contributed by atoms with Crippen LogP contribution in [0.1, 0.15) is 19.3 Å². The van der Waals surface area contributed by atoms with Crippen LogP contribution in [0.2, 0.25) is 0 Å². The van der Waals surface area contributed by atoms with Crippen LogP contribution < -0.4 is 0 Å². The van der Waals surface area contributed by atoms with Gasteiger partial charge in [-0.15, -0.1) is 0 Å². The van der Waals surface area contributed by atoms with Gasteiger partial charge in [-0.1, -0.05) is 5.01 Å². The molecule has 2 saturated heterocycles. The summed E-state index contributed by atoms with van der Waals surface area (Å²) in [6.45, 7) is 0. The Balaban J connectivity index is 2.24. The molecule has 4 aliphatic rings. The molecule has 0 radical (unpaired) electrons. The summed E-state index contributed by atoms with van der Waals surface area (Å²) in [6, 6.07) is -3.80. The topological polar surface area (TPSA) is 219 Å². The highest BCUT2D eigenvalue weighted by Gasteiger charge is 2.91. The van der Waals surface area contributed by atoms with Crippen LogP contribution >= 0.6 is 0 Å². The van der Waals surface area contributed by atoms with Gasteiger partial charge >= 0.3 is 11.3 Å². The van der Waals surface area contributed by atoms with Crippen molar-refractivity contribution in [1.29, 1.82) is 0 Å². The monoisotopic (exact) mass is 362 g/mol. The number of hydrazine groups is 1. The molecule has 0 aromatic rings. The molecule has 4 rings (SSSR count). The van der Waals surface area contributed by atoms with Gasteiger partial charge in [0.05, 0.1) is 0 Å². The molecule has 136 valence electrons. The van der Waals surface area contributed by atoms with Crippen molar-refractivity contribution in [1.82, 2.24) is 5.01 Å². The lowest BCUT2D eigenvalue weighted by Crippen LogP contribution is -2.85. The fourth-order valence-electron chi connectivity index (χ4n) is 4.93.